The Morgan fingerprint density at radius 3 is 2.77 bits per heavy atom. The first-order chi connectivity index (χ1) is 6.13. The van der Waals surface area contributed by atoms with Crippen LogP contribution >= 0.6 is 15.9 Å². The predicted octanol–water partition coefficient (Wildman–Crippen LogP) is 1.91. The van der Waals surface area contributed by atoms with Crippen molar-refractivity contribution in [2.45, 2.75) is 6.42 Å². The highest BCUT2D eigenvalue weighted by Crippen LogP contribution is 2.12. The molecule has 4 heteroatoms. The Bertz CT molecular complexity index is 327. The maximum absolute atomic E-state index is 13.1. The normalized spacial score (nSPS) is 10.0. The quantitative estimate of drug-likeness (QED) is 0.654. The predicted molar refractivity (Wildman–Crippen MR) is 53.3 cm³/mol. The lowest BCUT2D eigenvalue weighted by atomic mass is 10.1. The zero-order valence-electron chi connectivity index (χ0n) is 6.89. The number of halogens is 2. The van der Waals surface area contributed by atoms with Crippen molar-refractivity contribution in [2.75, 3.05) is 11.1 Å². The lowest BCUT2D eigenvalue weighted by Gasteiger charge is -2.01. The first-order valence-corrected chi connectivity index (χ1v) is 4.87. The Balaban J connectivity index is 2.83. The van der Waals surface area contributed by atoms with E-state index in [2.05, 4.69) is 15.9 Å². The molecule has 1 aromatic rings. The number of nitrogens with two attached hydrogens (primary N) is 1. The van der Waals surface area contributed by atoms with Crippen LogP contribution in [0.1, 0.15) is 5.56 Å². The number of hydrogen-bond acceptors (Lipinski definition) is 2. The molecule has 0 saturated heterocycles. The summed E-state index contributed by atoms with van der Waals surface area (Å²) in [5, 5.41) is 0.247. The monoisotopic (exact) mass is 245 g/mol. The van der Waals surface area contributed by atoms with Crippen molar-refractivity contribution in [3.63, 3.8) is 0 Å². The van der Waals surface area contributed by atoms with Gasteiger partial charge >= 0.3 is 0 Å². The average molecular weight is 246 g/mol. The van der Waals surface area contributed by atoms with Crippen molar-refractivity contribution in [1.29, 1.82) is 0 Å². The molecule has 13 heavy (non-hydrogen) atoms. The van der Waals surface area contributed by atoms with Crippen LogP contribution in [0.25, 0.3) is 0 Å². The third-order valence-corrected chi connectivity index (χ3v) is 2.24. The van der Waals surface area contributed by atoms with Crippen LogP contribution in [0.3, 0.4) is 0 Å². The van der Waals surface area contributed by atoms with Crippen LogP contribution in [0, 0.1) is 5.82 Å². The molecule has 0 heterocycles. The van der Waals surface area contributed by atoms with Crippen LogP contribution in [0.4, 0.5) is 10.1 Å². The molecule has 0 aromatic heterocycles. The molecule has 0 aliphatic carbocycles. The van der Waals surface area contributed by atoms with Crippen LogP contribution in [0.15, 0.2) is 18.2 Å². The number of ketones is 1. The second kappa shape index (κ2) is 4.37. The van der Waals surface area contributed by atoms with Gasteiger partial charge in [-0.2, -0.15) is 0 Å². The fourth-order valence-electron chi connectivity index (χ4n) is 0.967. The first kappa shape index (κ1) is 10.2. The number of carbonyl (C=O) groups is 1. The van der Waals surface area contributed by atoms with Gasteiger partial charge in [-0.05, 0) is 17.7 Å². The fourth-order valence-corrected chi connectivity index (χ4v) is 1.16. The molecule has 0 unspecified atom stereocenters. The lowest BCUT2D eigenvalue weighted by Crippen LogP contribution is -2.05. The number of benzene rings is 1. The van der Waals surface area contributed by atoms with E-state index in [1.165, 1.54) is 12.1 Å². The molecule has 1 aromatic carbocycles. The highest BCUT2D eigenvalue weighted by Gasteiger charge is 2.06. The molecule has 0 fully saturated rings. The fraction of sp³-hybridized carbons (Fsp3) is 0.222. The molecule has 2 N–H and O–H groups in total. The molecule has 0 atom stereocenters. The molecule has 70 valence electrons. The van der Waals surface area contributed by atoms with E-state index in [1.54, 1.807) is 6.07 Å². The second-order valence-corrected chi connectivity index (χ2v) is 3.26. The Kier molecular flexibility index (Phi) is 3.42. The number of rotatable bonds is 3. The van der Waals surface area contributed by atoms with E-state index in [9.17, 15) is 9.18 Å². The van der Waals surface area contributed by atoms with Crippen molar-refractivity contribution in [2.24, 2.45) is 0 Å². The summed E-state index contributed by atoms with van der Waals surface area (Å²) in [6, 6.07) is 4.34. The maximum atomic E-state index is 13.1. The number of nitrogen functional groups attached to an aromatic ring is 1. The Morgan fingerprint density at radius 2 is 2.23 bits per heavy atom. The zero-order chi connectivity index (χ0) is 9.84. The van der Waals surface area contributed by atoms with Gasteiger partial charge in [0.1, 0.15) is 11.6 Å². The molecule has 0 spiro atoms. The zero-order valence-corrected chi connectivity index (χ0v) is 8.47. The van der Waals surface area contributed by atoms with E-state index in [0.29, 0.717) is 11.3 Å². The van der Waals surface area contributed by atoms with Crippen LogP contribution in [0.2, 0.25) is 0 Å². The molecular weight excluding hydrogens is 237 g/mol. The van der Waals surface area contributed by atoms with Gasteiger partial charge in [-0.15, -0.1) is 0 Å². The van der Waals surface area contributed by atoms with Crippen molar-refractivity contribution in [3.8, 4) is 0 Å². The molecule has 0 aliphatic rings. The minimum absolute atomic E-state index is 0.0522. The van der Waals surface area contributed by atoms with Gasteiger partial charge in [0.15, 0.2) is 0 Å². The van der Waals surface area contributed by atoms with E-state index in [4.69, 9.17) is 5.73 Å². The van der Waals surface area contributed by atoms with Gasteiger partial charge in [-0.1, -0.05) is 22.0 Å². The van der Waals surface area contributed by atoms with Crippen molar-refractivity contribution in [3.05, 3.63) is 29.6 Å². The number of carbonyl (C=O) groups excluding carboxylic acids is 1. The molecule has 2 nitrogen and oxygen atoms in total. The summed E-state index contributed by atoms with van der Waals surface area (Å²) < 4.78 is 13.1. The van der Waals surface area contributed by atoms with Gasteiger partial charge < -0.3 is 5.73 Å². The van der Waals surface area contributed by atoms with E-state index in [0.717, 1.165) is 0 Å². The minimum Gasteiger partial charge on any atom is -0.399 e. The summed E-state index contributed by atoms with van der Waals surface area (Å²) in [5.74, 6) is -0.474. The van der Waals surface area contributed by atoms with E-state index >= 15 is 0 Å². The molecule has 0 amide bonds. The number of anilines is 1. The summed E-state index contributed by atoms with van der Waals surface area (Å²) in [6.45, 7) is 0. The highest BCUT2D eigenvalue weighted by atomic mass is 79.9. The van der Waals surface area contributed by atoms with E-state index in [1.807, 2.05) is 0 Å². The van der Waals surface area contributed by atoms with Gasteiger partial charge in [0.05, 0.1) is 5.33 Å². The summed E-state index contributed by atoms with van der Waals surface area (Å²) in [6.07, 6.45) is 0.108. The van der Waals surface area contributed by atoms with E-state index < -0.39 is 5.82 Å². The molecular formula is C9H9BrFNO. The average Bonchev–Trinajstić information content (AvgIpc) is 2.09. The van der Waals surface area contributed by atoms with Crippen molar-refractivity contribution in [1.82, 2.24) is 0 Å². The molecule has 1 rings (SSSR count). The Hall–Kier alpha value is -0.900. The van der Waals surface area contributed by atoms with Crippen LogP contribution in [0.5, 0.6) is 0 Å². The number of alkyl halides is 1. The summed E-state index contributed by atoms with van der Waals surface area (Å²) >= 11 is 3.01. The highest BCUT2D eigenvalue weighted by molar-refractivity contribution is 9.09. The van der Waals surface area contributed by atoms with Crippen LogP contribution in [-0.2, 0) is 11.2 Å². The van der Waals surface area contributed by atoms with Crippen LogP contribution in [-0.4, -0.2) is 11.1 Å². The number of hydrogen-bond donors (Lipinski definition) is 1. The molecule has 0 bridgehead atoms. The third kappa shape index (κ3) is 2.81. The third-order valence-electron chi connectivity index (χ3n) is 1.61. The summed E-state index contributed by atoms with van der Waals surface area (Å²) in [4.78, 5) is 11.0. The standard InChI is InChI=1S/C9H9BrFNO/c10-5-8(13)3-6-1-2-7(12)4-9(6)11/h1-2,4H,3,5,12H2. The van der Waals surface area contributed by atoms with Gasteiger partial charge in [-0.3, -0.25) is 4.79 Å². The molecule has 0 saturated carbocycles. The van der Waals surface area contributed by atoms with Gasteiger partial charge in [-0.25, -0.2) is 4.39 Å². The number of Topliss-reactive ketones (excluding diaryl/α,β-unsaturated/α-hetero) is 1. The minimum atomic E-state index is -0.422. The Morgan fingerprint density at radius 1 is 1.54 bits per heavy atom. The van der Waals surface area contributed by atoms with Gasteiger partial charge in [0.2, 0.25) is 0 Å². The lowest BCUT2D eigenvalue weighted by molar-refractivity contribution is -0.115. The van der Waals surface area contributed by atoms with Crippen molar-refractivity contribution < 1.29 is 9.18 Å². The van der Waals surface area contributed by atoms with Gasteiger partial charge in [0, 0.05) is 12.1 Å². The molecule has 0 radical (unpaired) electrons. The van der Waals surface area contributed by atoms with Gasteiger partial charge in [0.25, 0.3) is 0 Å². The maximum Gasteiger partial charge on any atom is 0.147 e. The largest absolute Gasteiger partial charge is 0.399 e. The second-order valence-electron chi connectivity index (χ2n) is 2.70. The van der Waals surface area contributed by atoms with Crippen LogP contribution < -0.4 is 5.73 Å². The summed E-state index contributed by atoms with van der Waals surface area (Å²) in [5.41, 5.74) is 6.11. The Labute approximate surface area is 84.1 Å². The molecule has 0 aliphatic heterocycles. The SMILES string of the molecule is Nc1ccc(CC(=O)CBr)c(F)c1. The van der Waals surface area contributed by atoms with E-state index in [-0.39, 0.29) is 17.5 Å². The van der Waals surface area contributed by atoms with Crippen molar-refractivity contribution >= 4 is 27.4 Å². The summed E-state index contributed by atoms with van der Waals surface area (Å²) in [7, 11) is 0. The first-order valence-electron chi connectivity index (χ1n) is 3.75. The topological polar surface area (TPSA) is 43.1 Å². The smallest absolute Gasteiger partial charge is 0.147 e.